The molecule has 176 valence electrons. The highest BCUT2D eigenvalue weighted by atomic mass is 32.2. The van der Waals surface area contributed by atoms with Crippen LogP contribution in [0.1, 0.15) is 37.1 Å². The molecule has 4 heterocycles. The van der Waals surface area contributed by atoms with Crippen LogP contribution in [0, 0.1) is 12.0 Å². The number of hydrogen-bond acceptors (Lipinski definition) is 8. The Morgan fingerprint density at radius 2 is 2.00 bits per heavy atom. The van der Waals surface area contributed by atoms with Crippen LogP contribution in [0.4, 0.5) is 10.7 Å². The van der Waals surface area contributed by atoms with Crippen molar-refractivity contribution in [2.45, 2.75) is 38.3 Å². The third kappa shape index (κ3) is 6.12. The zero-order valence-corrected chi connectivity index (χ0v) is 20.4. The van der Waals surface area contributed by atoms with E-state index in [1.807, 2.05) is 24.3 Å². The van der Waals surface area contributed by atoms with Crippen LogP contribution < -0.4 is 10.6 Å². The van der Waals surface area contributed by atoms with Gasteiger partial charge in [0.1, 0.15) is 5.69 Å². The van der Waals surface area contributed by atoms with Gasteiger partial charge in [0.05, 0.1) is 27.1 Å². The predicted octanol–water partition coefficient (Wildman–Crippen LogP) is 5.43. The van der Waals surface area contributed by atoms with Crippen molar-refractivity contribution in [3.63, 3.8) is 0 Å². The van der Waals surface area contributed by atoms with E-state index in [4.69, 9.17) is 4.98 Å². The minimum atomic E-state index is -0.393. The summed E-state index contributed by atoms with van der Waals surface area (Å²) in [4.78, 5) is 42.6. The van der Waals surface area contributed by atoms with Crippen LogP contribution >= 0.6 is 23.1 Å². The maximum absolute atomic E-state index is 11.7. The van der Waals surface area contributed by atoms with Crippen LogP contribution in [0.2, 0.25) is 0 Å². The Kier molecular flexibility index (Phi) is 7.16. The summed E-state index contributed by atoms with van der Waals surface area (Å²) in [5.41, 5.74) is 2.52. The maximum atomic E-state index is 11.7. The van der Waals surface area contributed by atoms with Crippen molar-refractivity contribution in [3.05, 3.63) is 69.1 Å². The van der Waals surface area contributed by atoms with Gasteiger partial charge in [-0.2, -0.15) is 0 Å². The van der Waals surface area contributed by atoms with Crippen molar-refractivity contribution in [1.29, 1.82) is 0 Å². The van der Waals surface area contributed by atoms with Crippen molar-refractivity contribution in [1.82, 2.24) is 20.3 Å². The minimum Gasteiger partial charge on any atom is -0.351 e. The van der Waals surface area contributed by atoms with E-state index >= 15 is 0 Å². The van der Waals surface area contributed by atoms with Gasteiger partial charge in [0.25, 0.3) is 17.2 Å². The summed E-state index contributed by atoms with van der Waals surface area (Å²) in [6.07, 6.45) is 7.18. The second-order valence-corrected chi connectivity index (χ2v) is 10.2. The van der Waals surface area contributed by atoms with Crippen molar-refractivity contribution in [2.75, 3.05) is 5.32 Å². The van der Waals surface area contributed by atoms with Crippen LogP contribution in [-0.2, 0) is 11.3 Å². The zero-order chi connectivity index (χ0) is 24.0. The van der Waals surface area contributed by atoms with Crippen LogP contribution in [0.25, 0.3) is 21.5 Å². The maximum Gasteiger partial charge on any atom is 0.305 e. The van der Waals surface area contributed by atoms with Gasteiger partial charge in [-0.15, -0.1) is 11.3 Å². The molecule has 0 unspecified atom stereocenters. The van der Waals surface area contributed by atoms with Gasteiger partial charge in [-0.05, 0) is 73.2 Å². The second-order valence-electron chi connectivity index (χ2n) is 8.29. The van der Waals surface area contributed by atoms with Crippen molar-refractivity contribution >= 4 is 46.3 Å². The lowest BCUT2D eigenvalue weighted by atomic mass is 9.87. The third-order valence-electron chi connectivity index (χ3n) is 5.75. The van der Waals surface area contributed by atoms with E-state index in [1.54, 1.807) is 29.7 Å². The number of nitrogens with one attached hydrogen (secondary N) is 2. The van der Waals surface area contributed by atoms with Gasteiger partial charge in [-0.1, -0.05) is 17.0 Å². The van der Waals surface area contributed by atoms with Gasteiger partial charge < -0.3 is 5.32 Å². The van der Waals surface area contributed by atoms with E-state index in [0.29, 0.717) is 29.0 Å². The first-order valence-electron chi connectivity index (χ1n) is 11.4. The normalized spacial score (nSPS) is 20.9. The number of pyridine rings is 1. The summed E-state index contributed by atoms with van der Waals surface area (Å²) in [6, 6.07) is 15.5. The molecule has 1 saturated heterocycles. The van der Waals surface area contributed by atoms with Crippen LogP contribution in [0.3, 0.4) is 0 Å². The van der Waals surface area contributed by atoms with Gasteiger partial charge in [0, 0.05) is 12.2 Å². The first kappa shape index (κ1) is 23.2. The molecule has 10 heteroatoms. The summed E-state index contributed by atoms with van der Waals surface area (Å²) < 4.78 is 0. The molecule has 5 rings (SSSR count). The highest BCUT2D eigenvalue weighted by molar-refractivity contribution is 8.18. The van der Waals surface area contributed by atoms with E-state index in [0.717, 1.165) is 53.7 Å². The molecule has 0 radical (unpaired) electrons. The number of thiophene rings is 1. The van der Waals surface area contributed by atoms with Gasteiger partial charge in [0.2, 0.25) is 5.95 Å². The lowest BCUT2D eigenvalue weighted by Crippen LogP contribution is -2.26. The molecule has 3 aromatic heterocycles. The molecular formula is C25H23N6O2S2+. The molecule has 35 heavy (non-hydrogen) atoms. The molecule has 0 atom stereocenters. The number of rotatable bonds is 5. The molecule has 1 aliphatic carbocycles. The lowest BCUT2D eigenvalue weighted by molar-refractivity contribution is -0.115. The van der Waals surface area contributed by atoms with Crippen molar-refractivity contribution in [2.24, 2.45) is 5.92 Å². The summed E-state index contributed by atoms with van der Waals surface area (Å²) in [7, 11) is 0. The molecule has 0 spiro atoms. The number of carbonyl (C=O) groups excluding carboxylic acids is 2. The van der Waals surface area contributed by atoms with Gasteiger partial charge in [0.15, 0.2) is 0 Å². The molecule has 2 amide bonds. The number of thioether (sulfide) groups is 1. The SMILES string of the molecule is O=C1NC(=O)/C(=C/c2ccnc(NC3CCC(C#[N+]Cc4cccc(-c5cccs5)n4)CC3)n2)S1. The number of imide groups is 1. The first-order chi connectivity index (χ1) is 17.1. The molecular weight excluding hydrogens is 480 g/mol. The Balaban J connectivity index is 1.12. The van der Waals surface area contributed by atoms with Gasteiger partial charge in [-0.25, -0.2) is 15.0 Å². The van der Waals surface area contributed by atoms with Crippen LogP contribution in [-0.4, -0.2) is 32.1 Å². The smallest absolute Gasteiger partial charge is 0.305 e. The fourth-order valence-electron chi connectivity index (χ4n) is 4.01. The average Bonchev–Trinajstić information content (AvgIpc) is 3.51. The van der Waals surface area contributed by atoms with E-state index in [1.165, 1.54) is 0 Å². The quantitative estimate of drug-likeness (QED) is 0.448. The van der Waals surface area contributed by atoms with Gasteiger partial charge >= 0.3 is 6.54 Å². The highest BCUT2D eigenvalue weighted by Gasteiger charge is 2.26. The molecule has 3 aromatic rings. The van der Waals surface area contributed by atoms with Crippen LogP contribution in [0.5, 0.6) is 0 Å². The number of carbonyl (C=O) groups is 2. The zero-order valence-electron chi connectivity index (χ0n) is 18.8. The Morgan fingerprint density at radius 1 is 1.11 bits per heavy atom. The Labute approximate surface area is 211 Å². The molecule has 0 bridgehead atoms. The monoisotopic (exact) mass is 503 g/mol. The highest BCUT2D eigenvalue weighted by Crippen LogP contribution is 2.27. The minimum absolute atomic E-state index is 0.269. The largest absolute Gasteiger partial charge is 0.351 e. The lowest BCUT2D eigenvalue weighted by Gasteiger charge is -2.24. The Bertz CT molecular complexity index is 1320. The fraction of sp³-hybridized carbons (Fsp3) is 0.280. The summed E-state index contributed by atoms with van der Waals surface area (Å²) in [6.45, 7) is 0.537. The fourth-order valence-corrected chi connectivity index (χ4v) is 5.37. The van der Waals surface area contributed by atoms with E-state index < -0.39 is 5.91 Å². The van der Waals surface area contributed by atoms with Crippen molar-refractivity contribution in [3.8, 4) is 16.6 Å². The standard InChI is InChI=1S/C25H22N6O2S2/c32-23-22(35-25(33)31-23)13-18-10-11-27-24(30-18)29-17-8-6-16(7-9-17)14-26-15-19-3-1-4-20(28-19)21-5-2-12-34-21/h1-5,10-13,16-17H,6-9,15H2,(H-,27,29,30,31,32,33)/p+1/b22-13-. The number of aromatic nitrogens is 3. The second kappa shape index (κ2) is 10.8. The molecule has 8 nitrogen and oxygen atoms in total. The predicted molar refractivity (Wildman–Crippen MR) is 139 cm³/mol. The summed E-state index contributed by atoms with van der Waals surface area (Å²) in [5.74, 6) is 0.461. The number of anilines is 1. The topological polar surface area (TPSA) is 101 Å². The third-order valence-corrected chi connectivity index (χ3v) is 7.46. The Hall–Kier alpha value is -3.55. The van der Waals surface area contributed by atoms with E-state index in [-0.39, 0.29) is 11.3 Å². The van der Waals surface area contributed by atoms with Gasteiger partial charge in [-0.3, -0.25) is 14.9 Å². The summed E-state index contributed by atoms with van der Waals surface area (Å²) in [5, 5.41) is 7.33. The molecule has 2 N–H and O–H groups in total. The summed E-state index contributed by atoms with van der Waals surface area (Å²) >= 11 is 2.56. The van der Waals surface area contributed by atoms with Crippen molar-refractivity contribution < 1.29 is 9.59 Å². The Morgan fingerprint density at radius 3 is 2.77 bits per heavy atom. The van der Waals surface area contributed by atoms with Crippen LogP contribution in [0.15, 0.2) is 52.9 Å². The number of amides is 2. The number of nitrogens with zero attached hydrogens (tertiary/aromatic N) is 4. The van der Waals surface area contributed by atoms with E-state index in [9.17, 15) is 9.59 Å². The molecule has 0 aromatic carbocycles. The molecule has 2 fully saturated rings. The molecule has 2 aliphatic rings. The average molecular weight is 504 g/mol. The van der Waals surface area contributed by atoms with E-state index in [2.05, 4.69) is 43.0 Å². The molecule has 1 saturated carbocycles. The first-order valence-corrected chi connectivity index (χ1v) is 13.1. The molecule has 1 aliphatic heterocycles. The number of hydrogen-bond donors (Lipinski definition) is 2.